The number of hydrogen-bond acceptors (Lipinski definition) is 5. The Morgan fingerprint density at radius 2 is 2.16 bits per heavy atom. The predicted octanol–water partition coefficient (Wildman–Crippen LogP) is 3.48. The minimum absolute atomic E-state index is 0.452. The van der Waals surface area contributed by atoms with Crippen LogP contribution in [0.4, 0.5) is 0 Å². The van der Waals surface area contributed by atoms with Crippen molar-refractivity contribution in [2.45, 2.75) is 32.4 Å². The molecule has 0 atom stereocenters. The molecule has 0 radical (unpaired) electrons. The van der Waals surface area contributed by atoms with Crippen molar-refractivity contribution in [3.05, 3.63) is 16.4 Å². The van der Waals surface area contributed by atoms with Crippen molar-refractivity contribution in [2.24, 2.45) is 0 Å². The van der Waals surface area contributed by atoms with Gasteiger partial charge in [-0.15, -0.1) is 16.4 Å². The topological polar surface area (TPSA) is 52.8 Å². The molecule has 2 aromatic rings. The third kappa shape index (κ3) is 4.48. The zero-order valence-electron chi connectivity index (χ0n) is 11.3. The molecule has 0 fully saturated rings. The van der Waals surface area contributed by atoms with Crippen molar-refractivity contribution in [3.8, 4) is 10.7 Å². The lowest BCUT2D eigenvalue weighted by Crippen LogP contribution is -2.22. The lowest BCUT2D eigenvalue weighted by Gasteiger charge is -2.15. The van der Waals surface area contributed by atoms with Crippen LogP contribution in [0, 0.1) is 0 Å². The molecule has 0 aliphatic carbocycles. The number of nitrogens with zero attached hydrogens (tertiary/aromatic N) is 4. The van der Waals surface area contributed by atoms with Crippen LogP contribution < -0.4 is 0 Å². The molecule has 0 aromatic carbocycles. The van der Waals surface area contributed by atoms with Crippen LogP contribution in [0.2, 0.25) is 25.7 Å². The van der Waals surface area contributed by atoms with E-state index in [0.29, 0.717) is 12.6 Å². The number of thiazole rings is 1. The average Bonchev–Trinajstić information content (AvgIpc) is 2.91. The quantitative estimate of drug-likeness (QED) is 0.584. The van der Waals surface area contributed by atoms with E-state index in [1.807, 2.05) is 0 Å². The second kappa shape index (κ2) is 6.25. The standard InChI is InChI=1S/C11H17BrN4OSSi/c1-19(2,3)5-4-17-8-16-6-13-11(15-16)9-10(12)14-7-18-9/h6-7H,4-5,8H2,1-3H3. The largest absolute Gasteiger partial charge is 0.359 e. The highest BCUT2D eigenvalue weighted by molar-refractivity contribution is 9.10. The highest BCUT2D eigenvalue weighted by Gasteiger charge is 2.13. The molecule has 2 rings (SSSR count). The molecular formula is C11H17BrN4OSSi. The number of halogens is 1. The van der Waals surface area contributed by atoms with Gasteiger partial charge in [-0.25, -0.2) is 14.6 Å². The summed E-state index contributed by atoms with van der Waals surface area (Å²) in [6, 6.07) is 1.16. The molecule has 0 saturated carbocycles. The molecule has 0 spiro atoms. The molecule has 5 nitrogen and oxygen atoms in total. The van der Waals surface area contributed by atoms with E-state index in [1.54, 1.807) is 16.5 Å². The Labute approximate surface area is 126 Å². The first-order chi connectivity index (χ1) is 8.96. The van der Waals surface area contributed by atoms with E-state index in [9.17, 15) is 0 Å². The summed E-state index contributed by atoms with van der Waals surface area (Å²) in [7, 11) is -1.02. The minimum atomic E-state index is -1.02. The van der Waals surface area contributed by atoms with Crippen molar-refractivity contribution in [2.75, 3.05) is 6.61 Å². The van der Waals surface area contributed by atoms with Crippen LogP contribution >= 0.6 is 27.3 Å². The van der Waals surface area contributed by atoms with Crippen LogP contribution in [0.25, 0.3) is 10.7 Å². The van der Waals surface area contributed by atoms with E-state index >= 15 is 0 Å². The second-order valence-corrected chi connectivity index (χ2v) is 12.7. The Morgan fingerprint density at radius 3 is 2.79 bits per heavy atom. The molecule has 0 bridgehead atoms. The van der Waals surface area contributed by atoms with Gasteiger partial charge in [0.2, 0.25) is 0 Å². The zero-order valence-corrected chi connectivity index (χ0v) is 14.7. The summed E-state index contributed by atoms with van der Waals surface area (Å²) in [5.74, 6) is 0.683. The third-order valence-corrected chi connectivity index (χ3v) is 5.87. The summed E-state index contributed by atoms with van der Waals surface area (Å²) in [5, 5.41) is 4.38. The van der Waals surface area contributed by atoms with Crippen LogP contribution in [0.3, 0.4) is 0 Å². The maximum absolute atomic E-state index is 5.63. The van der Waals surface area contributed by atoms with Gasteiger partial charge in [-0.3, -0.25) is 0 Å². The Balaban J connectivity index is 1.87. The van der Waals surface area contributed by atoms with Gasteiger partial charge in [0.25, 0.3) is 0 Å². The molecule has 0 aliphatic rings. The van der Waals surface area contributed by atoms with Gasteiger partial charge in [0.15, 0.2) is 5.82 Å². The molecule has 19 heavy (non-hydrogen) atoms. The van der Waals surface area contributed by atoms with E-state index in [1.165, 1.54) is 11.3 Å². The molecular weight excluding hydrogens is 344 g/mol. The lowest BCUT2D eigenvalue weighted by atomic mass is 10.5. The first kappa shape index (κ1) is 14.8. The first-order valence-electron chi connectivity index (χ1n) is 6.02. The van der Waals surface area contributed by atoms with Crippen molar-refractivity contribution >= 4 is 35.3 Å². The molecule has 0 aliphatic heterocycles. The molecule has 0 unspecified atom stereocenters. The van der Waals surface area contributed by atoms with Gasteiger partial charge in [0.05, 0.1) is 5.51 Å². The maximum atomic E-state index is 5.63. The average molecular weight is 361 g/mol. The van der Waals surface area contributed by atoms with E-state index in [2.05, 4.69) is 50.6 Å². The van der Waals surface area contributed by atoms with Crippen molar-refractivity contribution in [1.29, 1.82) is 0 Å². The lowest BCUT2D eigenvalue weighted by molar-refractivity contribution is 0.0785. The number of aromatic nitrogens is 4. The van der Waals surface area contributed by atoms with Crippen LogP contribution in [-0.2, 0) is 11.5 Å². The van der Waals surface area contributed by atoms with E-state index in [0.717, 1.165) is 22.1 Å². The fourth-order valence-corrected chi connectivity index (χ4v) is 3.44. The Bertz CT molecular complexity index is 537. The summed E-state index contributed by atoms with van der Waals surface area (Å²) in [6.45, 7) is 8.25. The monoisotopic (exact) mass is 360 g/mol. The summed E-state index contributed by atoms with van der Waals surface area (Å²) in [5.41, 5.74) is 1.77. The molecule has 2 heterocycles. The molecule has 0 saturated heterocycles. The van der Waals surface area contributed by atoms with Gasteiger partial charge in [-0.2, -0.15) is 0 Å². The summed E-state index contributed by atoms with van der Waals surface area (Å²) < 4.78 is 8.13. The summed E-state index contributed by atoms with van der Waals surface area (Å²) >= 11 is 4.90. The zero-order chi connectivity index (χ0) is 13.9. The number of rotatable bonds is 6. The minimum Gasteiger partial charge on any atom is -0.359 e. The van der Waals surface area contributed by atoms with Crippen molar-refractivity contribution < 1.29 is 4.74 Å². The maximum Gasteiger partial charge on any atom is 0.194 e. The molecule has 0 N–H and O–H groups in total. The van der Waals surface area contributed by atoms with Crippen LogP contribution in [-0.4, -0.2) is 34.4 Å². The SMILES string of the molecule is C[Si](C)(C)CCOCn1cnc(-c2scnc2Br)n1. The Kier molecular flexibility index (Phi) is 4.88. The van der Waals surface area contributed by atoms with Gasteiger partial charge in [0.1, 0.15) is 22.5 Å². The van der Waals surface area contributed by atoms with E-state index < -0.39 is 8.07 Å². The van der Waals surface area contributed by atoms with Crippen molar-refractivity contribution in [3.63, 3.8) is 0 Å². The second-order valence-electron chi connectivity index (χ2n) is 5.43. The van der Waals surface area contributed by atoms with Crippen molar-refractivity contribution in [1.82, 2.24) is 19.7 Å². The third-order valence-electron chi connectivity index (χ3n) is 2.48. The van der Waals surface area contributed by atoms with Gasteiger partial charge in [-0.05, 0) is 22.0 Å². The Morgan fingerprint density at radius 1 is 1.37 bits per heavy atom. The fraction of sp³-hybridized carbons (Fsp3) is 0.545. The van der Waals surface area contributed by atoms with E-state index in [-0.39, 0.29) is 0 Å². The normalized spacial score (nSPS) is 12.0. The van der Waals surface area contributed by atoms with Crippen LogP contribution in [0.1, 0.15) is 0 Å². The molecule has 104 valence electrons. The highest BCUT2D eigenvalue weighted by Crippen LogP contribution is 2.28. The number of ether oxygens (including phenoxy) is 1. The highest BCUT2D eigenvalue weighted by atomic mass is 79.9. The Hall–Kier alpha value is -0.573. The van der Waals surface area contributed by atoms with Gasteiger partial charge >= 0.3 is 0 Å². The van der Waals surface area contributed by atoms with Gasteiger partial charge in [-0.1, -0.05) is 19.6 Å². The molecule has 8 heteroatoms. The molecule has 0 amide bonds. The smallest absolute Gasteiger partial charge is 0.194 e. The van der Waals surface area contributed by atoms with E-state index in [4.69, 9.17) is 4.74 Å². The summed E-state index contributed by atoms with van der Waals surface area (Å²) in [6.07, 6.45) is 1.69. The molecule has 2 aromatic heterocycles. The van der Waals surface area contributed by atoms with Crippen LogP contribution in [0.5, 0.6) is 0 Å². The number of hydrogen-bond donors (Lipinski definition) is 0. The predicted molar refractivity (Wildman–Crippen MR) is 82.9 cm³/mol. The van der Waals surface area contributed by atoms with Gasteiger partial charge in [0, 0.05) is 14.7 Å². The fourth-order valence-electron chi connectivity index (χ4n) is 1.37. The van der Waals surface area contributed by atoms with Crippen LogP contribution in [0.15, 0.2) is 16.4 Å². The van der Waals surface area contributed by atoms with Gasteiger partial charge < -0.3 is 4.74 Å². The summed E-state index contributed by atoms with van der Waals surface area (Å²) in [4.78, 5) is 9.34. The first-order valence-corrected chi connectivity index (χ1v) is 11.4.